The average Bonchev–Trinajstić information content (AvgIpc) is 2.80. The largest absolute Gasteiger partial charge is 0.493 e. The summed E-state index contributed by atoms with van der Waals surface area (Å²) in [7, 11) is 0. The Morgan fingerprint density at radius 2 is 2.05 bits per heavy atom. The van der Waals surface area contributed by atoms with E-state index in [1.807, 2.05) is 6.92 Å². The molecule has 22 heavy (non-hydrogen) atoms. The van der Waals surface area contributed by atoms with Crippen molar-refractivity contribution in [3.63, 3.8) is 0 Å². The van der Waals surface area contributed by atoms with Gasteiger partial charge in [-0.3, -0.25) is 0 Å². The van der Waals surface area contributed by atoms with E-state index in [1.54, 1.807) is 0 Å². The molecule has 5 nitrogen and oxygen atoms in total. The Hall–Kier alpha value is -1.88. The van der Waals surface area contributed by atoms with Gasteiger partial charge in [-0.15, -0.1) is 0 Å². The summed E-state index contributed by atoms with van der Waals surface area (Å²) in [4.78, 5) is 4.24. The van der Waals surface area contributed by atoms with E-state index in [9.17, 15) is 0 Å². The van der Waals surface area contributed by atoms with Crippen LogP contribution in [0.15, 0.2) is 16.7 Å². The van der Waals surface area contributed by atoms with E-state index < -0.39 is 0 Å². The van der Waals surface area contributed by atoms with Crippen molar-refractivity contribution < 1.29 is 9.26 Å². The average molecular weight is 301 g/mol. The highest BCUT2D eigenvalue weighted by molar-refractivity contribution is 5.44. The number of rotatable bonds is 4. The number of benzene rings is 1. The van der Waals surface area contributed by atoms with Gasteiger partial charge in [0.05, 0.1) is 6.61 Å². The van der Waals surface area contributed by atoms with Crippen molar-refractivity contribution in [1.82, 2.24) is 15.5 Å². The molecule has 1 atom stereocenters. The highest BCUT2D eigenvalue weighted by atomic mass is 16.5. The molecule has 0 spiro atoms. The lowest BCUT2D eigenvalue weighted by atomic mass is 9.97. The summed E-state index contributed by atoms with van der Waals surface area (Å²) in [6.45, 7) is 7.72. The van der Waals surface area contributed by atoms with E-state index in [-0.39, 0.29) is 0 Å². The number of hydrogen-bond acceptors (Lipinski definition) is 5. The molecule has 0 amide bonds. The molecule has 1 N–H and O–H groups in total. The number of nitrogens with zero attached hydrogens (tertiary/aromatic N) is 2. The third-order valence-electron chi connectivity index (χ3n) is 4.20. The first-order chi connectivity index (χ1) is 10.6. The number of aromatic nitrogens is 2. The lowest BCUT2D eigenvalue weighted by Gasteiger charge is -2.19. The van der Waals surface area contributed by atoms with E-state index in [0.717, 1.165) is 38.2 Å². The lowest BCUT2D eigenvalue weighted by Crippen LogP contribution is -2.23. The number of hydrogen-bond donors (Lipinski definition) is 1. The van der Waals surface area contributed by atoms with Crippen molar-refractivity contribution in [3.05, 3.63) is 40.5 Å². The van der Waals surface area contributed by atoms with Crippen LogP contribution in [0, 0.1) is 20.8 Å². The first-order valence-corrected chi connectivity index (χ1v) is 7.90. The zero-order valence-corrected chi connectivity index (χ0v) is 13.5. The second-order valence-electron chi connectivity index (χ2n) is 5.96. The summed E-state index contributed by atoms with van der Waals surface area (Å²) in [5, 5.41) is 7.43. The molecule has 0 saturated heterocycles. The van der Waals surface area contributed by atoms with Crippen LogP contribution in [-0.4, -0.2) is 23.3 Å². The van der Waals surface area contributed by atoms with Gasteiger partial charge < -0.3 is 14.6 Å². The zero-order valence-electron chi connectivity index (χ0n) is 13.5. The van der Waals surface area contributed by atoms with Crippen LogP contribution in [0.5, 0.6) is 5.75 Å². The van der Waals surface area contributed by atoms with Gasteiger partial charge in [0.1, 0.15) is 5.75 Å². The second kappa shape index (κ2) is 6.48. The molecule has 5 heteroatoms. The monoisotopic (exact) mass is 301 g/mol. The third-order valence-corrected chi connectivity index (χ3v) is 4.20. The first kappa shape index (κ1) is 15.0. The minimum absolute atomic E-state index is 0.320. The molecule has 0 aliphatic carbocycles. The second-order valence-corrected chi connectivity index (χ2v) is 5.96. The van der Waals surface area contributed by atoms with Crippen LogP contribution in [0.3, 0.4) is 0 Å². The quantitative estimate of drug-likeness (QED) is 0.940. The lowest BCUT2D eigenvalue weighted by molar-refractivity contribution is 0.314. The van der Waals surface area contributed by atoms with Gasteiger partial charge in [0.15, 0.2) is 5.82 Å². The summed E-state index contributed by atoms with van der Waals surface area (Å²) < 4.78 is 11.1. The normalized spacial score (nSPS) is 17.7. The third kappa shape index (κ3) is 3.30. The Kier molecular flexibility index (Phi) is 4.43. The number of aryl methyl sites for hydroxylation is 3. The van der Waals surface area contributed by atoms with Crippen LogP contribution in [0.4, 0.5) is 0 Å². The van der Waals surface area contributed by atoms with E-state index in [2.05, 4.69) is 41.4 Å². The summed E-state index contributed by atoms with van der Waals surface area (Å²) in [6.07, 6.45) is 2.89. The molecule has 2 aromatic rings. The molecule has 2 heterocycles. The Morgan fingerprint density at radius 1 is 1.23 bits per heavy atom. The van der Waals surface area contributed by atoms with E-state index in [1.165, 1.54) is 16.7 Å². The highest BCUT2D eigenvalue weighted by Crippen LogP contribution is 2.33. The highest BCUT2D eigenvalue weighted by Gasteiger charge is 2.20. The van der Waals surface area contributed by atoms with E-state index in [0.29, 0.717) is 17.8 Å². The zero-order chi connectivity index (χ0) is 15.5. The van der Waals surface area contributed by atoms with Crippen molar-refractivity contribution >= 4 is 0 Å². The van der Waals surface area contributed by atoms with Gasteiger partial charge in [-0.25, -0.2) is 0 Å². The van der Waals surface area contributed by atoms with Crippen molar-refractivity contribution in [2.75, 3.05) is 13.2 Å². The van der Waals surface area contributed by atoms with Crippen LogP contribution in [0.1, 0.15) is 47.3 Å². The number of ether oxygens (including phenoxy) is 1. The number of nitrogens with one attached hydrogen (secondary N) is 1. The molecule has 1 aliphatic rings. The van der Waals surface area contributed by atoms with Crippen LogP contribution < -0.4 is 10.1 Å². The molecule has 0 fully saturated rings. The predicted octanol–water partition coefficient (Wildman–Crippen LogP) is 3.04. The van der Waals surface area contributed by atoms with Gasteiger partial charge in [-0.05, 0) is 50.8 Å². The SMILES string of the molecule is Cc1noc(CCNC2CCCOc3cc(C)c(C)cc32)n1. The van der Waals surface area contributed by atoms with Crippen molar-refractivity contribution in [1.29, 1.82) is 0 Å². The van der Waals surface area contributed by atoms with Gasteiger partial charge in [-0.1, -0.05) is 11.2 Å². The standard InChI is InChI=1S/C17H23N3O2/c1-11-9-14-15(5-4-8-21-16(14)10-12(11)2)18-7-6-17-19-13(3)20-22-17/h9-10,15,18H,4-8H2,1-3H3. The van der Waals surface area contributed by atoms with E-state index >= 15 is 0 Å². The summed E-state index contributed by atoms with van der Waals surface area (Å²) >= 11 is 0. The molecular formula is C17H23N3O2. The van der Waals surface area contributed by atoms with Crippen molar-refractivity contribution in [2.24, 2.45) is 0 Å². The molecule has 1 aliphatic heterocycles. The van der Waals surface area contributed by atoms with Gasteiger partial charge in [0, 0.05) is 24.6 Å². The fraction of sp³-hybridized carbons (Fsp3) is 0.529. The van der Waals surface area contributed by atoms with Crippen molar-refractivity contribution in [2.45, 2.75) is 46.1 Å². The molecule has 0 radical (unpaired) electrons. The molecule has 0 saturated carbocycles. The minimum Gasteiger partial charge on any atom is -0.493 e. The molecule has 1 aromatic heterocycles. The summed E-state index contributed by atoms with van der Waals surface area (Å²) in [5.74, 6) is 2.40. The van der Waals surface area contributed by atoms with Crippen LogP contribution >= 0.6 is 0 Å². The maximum Gasteiger partial charge on any atom is 0.227 e. The summed E-state index contributed by atoms with van der Waals surface area (Å²) in [5.41, 5.74) is 3.85. The molecule has 1 aromatic carbocycles. The predicted molar refractivity (Wildman–Crippen MR) is 84.1 cm³/mol. The van der Waals surface area contributed by atoms with Crippen LogP contribution in [0.2, 0.25) is 0 Å². The topological polar surface area (TPSA) is 60.2 Å². The first-order valence-electron chi connectivity index (χ1n) is 7.90. The Bertz CT molecular complexity index is 651. The van der Waals surface area contributed by atoms with Crippen molar-refractivity contribution in [3.8, 4) is 5.75 Å². The maximum atomic E-state index is 5.90. The molecule has 3 rings (SSSR count). The molecule has 118 valence electrons. The Morgan fingerprint density at radius 3 is 2.82 bits per heavy atom. The van der Waals surface area contributed by atoms with Gasteiger partial charge >= 0.3 is 0 Å². The molecule has 0 bridgehead atoms. The maximum absolute atomic E-state index is 5.90. The van der Waals surface area contributed by atoms with Gasteiger partial charge in [0.25, 0.3) is 0 Å². The summed E-state index contributed by atoms with van der Waals surface area (Å²) in [6, 6.07) is 4.73. The minimum atomic E-state index is 0.320. The van der Waals surface area contributed by atoms with Gasteiger partial charge in [0.2, 0.25) is 5.89 Å². The fourth-order valence-electron chi connectivity index (χ4n) is 2.84. The smallest absolute Gasteiger partial charge is 0.227 e. The fourth-order valence-corrected chi connectivity index (χ4v) is 2.84. The van der Waals surface area contributed by atoms with E-state index in [4.69, 9.17) is 9.26 Å². The van der Waals surface area contributed by atoms with Crippen LogP contribution in [0.25, 0.3) is 0 Å². The Labute approximate surface area is 131 Å². The van der Waals surface area contributed by atoms with Gasteiger partial charge in [-0.2, -0.15) is 4.98 Å². The molecule has 1 unspecified atom stereocenters. The molecular weight excluding hydrogens is 278 g/mol. The number of fused-ring (bicyclic) bond motifs is 1. The Balaban J connectivity index is 1.70. The van der Waals surface area contributed by atoms with Crippen LogP contribution in [-0.2, 0) is 6.42 Å².